The molecule has 0 saturated carbocycles. The summed E-state index contributed by atoms with van der Waals surface area (Å²) < 4.78 is 5.97. The van der Waals surface area contributed by atoms with Crippen LogP contribution in [0.3, 0.4) is 0 Å². The lowest BCUT2D eigenvalue weighted by molar-refractivity contribution is -0.140. The van der Waals surface area contributed by atoms with E-state index in [1.54, 1.807) is 6.07 Å². The van der Waals surface area contributed by atoms with Gasteiger partial charge < -0.3 is 35.4 Å². The number of nitrogens with one attached hydrogen (secondary N) is 1. The quantitative estimate of drug-likeness (QED) is 0.126. The number of nitrogens with zero attached hydrogens (tertiary/aromatic N) is 1. The molecule has 0 radical (unpaired) electrons. The lowest BCUT2D eigenvalue weighted by atomic mass is 10.1. The number of amides is 2. The largest absolute Gasteiger partial charge is 0.503 e. The molecule has 0 aliphatic rings. The van der Waals surface area contributed by atoms with E-state index in [0.29, 0.717) is 22.0 Å². The van der Waals surface area contributed by atoms with Crippen LogP contribution in [0, 0.1) is 0 Å². The summed E-state index contributed by atoms with van der Waals surface area (Å²) in [4.78, 5) is 26.0. The van der Waals surface area contributed by atoms with Gasteiger partial charge in [0.2, 0.25) is 0 Å². The normalized spacial score (nSPS) is 10.8. The summed E-state index contributed by atoms with van der Waals surface area (Å²) in [6.45, 7) is 0.192. The number of methoxy groups -OCH3 is 1. The molecule has 0 spiro atoms. The molecule has 0 aliphatic heterocycles. The van der Waals surface area contributed by atoms with Gasteiger partial charge in [-0.05, 0) is 97.7 Å². The third-order valence-electron chi connectivity index (χ3n) is 4.71. The standard InChI is InChI=1S/C20H19Br5N2O7/c1-34-11(28)3-2-4-27(7-8-5-10(21)16(29)17(30)12(8)22)20(33)26-6-9-13(23)15(25)19(32)18(31)14(9)24/h5,29-32H,2-4,6-7H2,1H3,(H,26,33). The predicted octanol–water partition coefficient (Wildman–Crippen LogP) is 5.99. The van der Waals surface area contributed by atoms with Gasteiger partial charge in [0.25, 0.3) is 0 Å². The Bertz CT molecular complexity index is 1080. The monoisotopic (exact) mass is 794 g/mol. The Hall–Kier alpha value is -1.22. The molecule has 2 amide bonds. The van der Waals surface area contributed by atoms with E-state index in [4.69, 9.17) is 0 Å². The lowest BCUT2D eigenvalue weighted by Gasteiger charge is -2.25. The first-order valence-corrected chi connectivity index (χ1v) is 13.4. The van der Waals surface area contributed by atoms with Crippen molar-refractivity contribution in [3.63, 3.8) is 0 Å². The SMILES string of the molecule is COC(=O)CCCN(Cc1cc(Br)c(O)c(O)c1Br)C(=O)NCc1c(Br)c(O)c(O)c(Br)c1Br. The zero-order valence-corrected chi connectivity index (χ0v) is 25.4. The summed E-state index contributed by atoms with van der Waals surface area (Å²) in [5.74, 6) is -1.88. The average Bonchev–Trinajstić information content (AvgIpc) is 2.82. The second-order valence-corrected chi connectivity index (χ2v) is 10.9. The Morgan fingerprint density at radius 3 is 2.12 bits per heavy atom. The Kier molecular flexibility index (Phi) is 10.8. The second kappa shape index (κ2) is 12.7. The molecule has 34 heavy (non-hydrogen) atoms. The highest BCUT2D eigenvalue weighted by Gasteiger charge is 2.23. The smallest absolute Gasteiger partial charge is 0.317 e. The molecule has 0 saturated heterocycles. The molecule has 0 atom stereocenters. The van der Waals surface area contributed by atoms with Crippen molar-refractivity contribution in [1.29, 1.82) is 0 Å². The fraction of sp³-hybridized carbons (Fsp3) is 0.300. The maximum absolute atomic E-state index is 13.1. The average molecular weight is 799 g/mol. The highest BCUT2D eigenvalue weighted by atomic mass is 79.9. The topological polar surface area (TPSA) is 140 Å². The van der Waals surface area contributed by atoms with Gasteiger partial charge in [-0.2, -0.15) is 0 Å². The number of carbonyl (C=O) groups excluding carboxylic acids is 2. The van der Waals surface area contributed by atoms with Gasteiger partial charge in [0.15, 0.2) is 23.0 Å². The summed E-state index contributed by atoms with van der Waals surface area (Å²) in [6, 6.07) is 1.06. The molecule has 5 N–H and O–H groups in total. The van der Waals surface area contributed by atoms with Gasteiger partial charge in [0.05, 0.1) is 25.0 Å². The van der Waals surface area contributed by atoms with Crippen molar-refractivity contribution in [3.05, 3.63) is 39.6 Å². The highest BCUT2D eigenvalue weighted by Crippen LogP contribution is 2.47. The van der Waals surface area contributed by atoms with Crippen LogP contribution in [0.2, 0.25) is 0 Å². The van der Waals surface area contributed by atoms with E-state index >= 15 is 0 Å². The molecule has 186 valence electrons. The van der Waals surface area contributed by atoms with Crippen molar-refractivity contribution in [3.8, 4) is 23.0 Å². The number of phenolic OH excluding ortho intramolecular Hbond substituents is 4. The molecular formula is C20H19Br5N2O7. The third-order valence-corrected chi connectivity index (χ3v) is 9.23. The molecule has 0 unspecified atom stereocenters. The molecule has 0 bridgehead atoms. The highest BCUT2D eigenvalue weighted by molar-refractivity contribution is 9.13. The van der Waals surface area contributed by atoms with Crippen LogP contribution in [0.4, 0.5) is 4.79 Å². The van der Waals surface area contributed by atoms with Crippen molar-refractivity contribution in [1.82, 2.24) is 10.2 Å². The number of hydrogen-bond donors (Lipinski definition) is 5. The van der Waals surface area contributed by atoms with Gasteiger partial charge in [0.1, 0.15) is 0 Å². The Labute approximate surface area is 237 Å². The van der Waals surface area contributed by atoms with Crippen LogP contribution < -0.4 is 5.32 Å². The summed E-state index contributed by atoms with van der Waals surface area (Å²) in [5, 5.41) is 42.8. The minimum absolute atomic E-state index is 0.0222. The van der Waals surface area contributed by atoms with Crippen LogP contribution in [0.1, 0.15) is 24.0 Å². The van der Waals surface area contributed by atoms with Crippen LogP contribution in [-0.4, -0.2) is 51.0 Å². The number of urea groups is 1. The molecule has 2 aromatic rings. The van der Waals surface area contributed by atoms with Crippen LogP contribution in [0.15, 0.2) is 28.4 Å². The number of benzene rings is 2. The van der Waals surface area contributed by atoms with Gasteiger partial charge in [0, 0.05) is 36.1 Å². The fourth-order valence-electron chi connectivity index (χ4n) is 2.86. The Morgan fingerprint density at radius 2 is 1.50 bits per heavy atom. The second-order valence-electron chi connectivity index (χ2n) is 6.91. The summed E-state index contributed by atoms with van der Waals surface area (Å²) in [7, 11) is 1.28. The number of ether oxygens (including phenoxy) is 1. The maximum Gasteiger partial charge on any atom is 0.317 e. The Morgan fingerprint density at radius 1 is 0.912 bits per heavy atom. The molecular weight excluding hydrogens is 780 g/mol. The first-order valence-electron chi connectivity index (χ1n) is 9.46. The van der Waals surface area contributed by atoms with Crippen molar-refractivity contribution < 1.29 is 34.8 Å². The van der Waals surface area contributed by atoms with Crippen LogP contribution in [0.5, 0.6) is 23.0 Å². The number of rotatable bonds is 8. The molecule has 0 heterocycles. The number of esters is 1. The fourth-order valence-corrected chi connectivity index (χ4v) is 5.50. The van der Waals surface area contributed by atoms with Crippen molar-refractivity contribution in [2.75, 3.05) is 13.7 Å². The van der Waals surface area contributed by atoms with E-state index < -0.39 is 12.0 Å². The molecule has 2 aromatic carbocycles. The minimum Gasteiger partial charge on any atom is -0.503 e. The van der Waals surface area contributed by atoms with E-state index in [1.165, 1.54) is 12.0 Å². The van der Waals surface area contributed by atoms with Gasteiger partial charge in [-0.1, -0.05) is 0 Å². The number of phenols is 4. The van der Waals surface area contributed by atoms with E-state index in [9.17, 15) is 30.0 Å². The van der Waals surface area contributed by atoms with Crippen LogP contribution in [0.25, 0.3) is 0 Å². The van der Waals surface area contributed by atoms with Crippen LogP contribution >= 0.6 is 79.6 Å². The summed E-state index contributed by atoms with van der Waals surface area (Å²) >= 11 is 16.1. The zero-order chi connectivity index (χ0) is 25.7. The van der Waals surface area contributed by atoms with E-state index in [2.05, 4.69) is 89.7 Å². The number of halogens is 5. The summed E-state index contributed by atoms with van der Waals surface area (Å²) in [5.41, 5.74) is 0.971. The van der Waals surface area contributed by atoms with Gasteiger partial charge in [-0.15, -0.1) is 0 Å². The summed E-state index contributed by atoms with van der Waals surface area (Å²) in [6.07, 6.45) is 0.420. The zero-order valence-electron chi connectivity index (χ0n) is 17.5. The number of carbonyl (C=O) groups is 2. The molecule has 0 fully saturated rings. The first kappa shape index (κ1) is 29.0. The van der Waals surface area contributed by atoms with Crippen molar-refractivity contribution >= 4 is 91.7 Å². The first-order chi connectivity index (χ1) is 15.9. The Balaban J connectivity index is 2.28. The van der Waals surface area contributed by atoms with E-state index in [1.807, 2.05) is 0 Å². The maximum atomic E-state index is 13.1. The molecule has 0 aliphatic carbocycles. The van der Waals surface area contributed by atoms with Gasteiger partial charge >= 0.3 is 12.0 Å². The van der Waals surface area contributed by atoms with Crippen LogP contribution in [-0.2, 0) is 22.6 Å². The molecule has 2 rings (SSSR count). The van der Waals surface area contributed by atoms with E-state index in [-0.39, 0.29) is 66.9 Å². The molecule has 0 aromatic heterocycles. The van der Waals surface area contributed by atoms with Crippen molar-refractivity contribution in [2.24, 2.45) is 0 Å². The van der Waals surface area contributed by atoms with E-state index in [0.717, 1.165) is 0 Å². The molecule has 14 heteroatoms. The minimum atomic E-state index is -0.497. The van der Waals surface area contributed by atoms with Gasteiger partial charge in [-0.25, -0.2) is 4.79 Å². The number of hydrogen-bond acceptors (Lipinski definition) is 7. The van der Waals surface area contributed by atoms with Gasteiger partial charge in [-0.3, -0.25) is 4.79 Å². The predicted molar refractivity (Wildman–Crippen MR) is 142 cm³/mol. The lowest BCUT2D eigenvalue weighted by Crippen LogP contribution is -2.40. The van der Waals surface area contributed by atoms with Crippen molar-refractivity contribution in [2.45, 2.75) is 25.9 Å². The third kappa shape index (κ3) is 6.71. The molecule has 9 nitrogen and oxygen atoms in total. The number of aromatic hydroxyl groups is 4.